The monoisotopic (exact) mass is 129 g/mol. The molecule has 0 saturated heterocycles. The van der Waals surface area contributed by atoms with E-state index < -0.39 is 0 Å². The molecule has 9 heavy (non-hydrogen) atoms. The average molecular weight is 129 g/mol. The molecular weight excluding hydrogens is 114 g/mol. The SMILES string of the molecule is CCC[C@@H](C)CC(N)=O. The molecule has 0 saturated carbocycles. The Balaban J connectivity index is 3.26. The lowest BCUT2D eigenvalue weighted by atomic mass is 10.0. The molecule has 0 unspecified atom stereocenters. The number of nitrogens with two attached hydrogens (primary N) is 1. The Morgan fingerprint density at radius 1 is 1.67 bits per heavy atom. The molecule has 0 bridgehead atoms. The smallest absolute Gasteiger partial charge is 0.217 e. The Labute approximate surface area is 56.4 Å². The van der Waals surface area contributed by atoms with Crippen LogP contribution in [0.2, 0.25) is 0 Å². The second-order valence-electron chi connectivity index (χ2n) is 2.56. The van der Waals surface area contributed by atoms with Crippen LogP contribution in [-0.2, 0) is 4.79 Å². The third-order valence-electron chi connectivity index (χ3n) is 1.33. The summed E-state index contributed by atoms with van der Waals surface area (Å²) in [7, 11) is 0. The van der Waals surface area contributed by atoms with Crippen molar-refractivity contribution in [3.63, 3.8) is 0 Å². The number of amides is 1. The van der Waals surface area contributed by atoms with Gasteiger partial charge in [0.1, 0.15) is 0 Å². The molecule has 2 nitrogen and oxygen atoms in total. The van der Waals surface area contributed by atoms with Crippen LogP contribution < -0.4 is 5.73 Å². The summed E-state index contributed by atoms with van der Waals surface area (Å²) in [6, 6.07) is 0. The minimum Gasteiger partial charge on any atom is -0.370 e. The molecule has 2 heteroatoms. The molecule has 54 valence electrons. The summed E-state index contributed by atoms with van der Waals surface area (Å²) in [4.78, 5) is 10.3. The van der Waals surface area contributed by atoms with Crippen molar-refractivity contribution >= 4 is 5.91 Å². The standard InChI is InChI=1S/C7H15NO/c1-3-4-6(2)5-7(8)9/h6H,3-5H2,1-2H3,(H2,8,9)/t6-/m1/s1. The van der Waals surface area contributed by atoms with Gasteiger partial charge in [0, 0.05) is 6.42 Å². The van der Waals surface area contributed by atoms with E-state index >= 15 is 0 Å². The van der Waals surface area contributed by atoms with Gasteiger partial charge in [0.15, 0.2) is 0 Å². The summed E-state index contributed by atoms with van der Waals surface area (Å²) in [6.45, 7) is 4.16. The van der Waals surface area contributed by atoms with Gasteiger partial charge in [-0.25, -0.2) is 0 Å². The Morgan fingerprint density at radius 2 is 2.22 bits per heavy atom. The number of hydrogen-bond acceptors (Lipinski definition) is 1. The van der Waals surface area contributed by atoms with Gasteiger partial charge in [-0.05, 0) is 5.92 Å². The van der Waals surface area contributed by atoms with Crippen molar-refractivity contribution < 1.29 is 4.79 Å². The second kappa shape index (κ2) is 4.36. The van der Waals surface area contributed by atoms with E-state index in [9.17, 15) is 4.79 Å². The molecule has 0 fully saturated rings. The first-order valence-electron chi connectivity index (χ1n) is 3.45. The predicted octanol–water partition coefficient (Wildman–Crippen LogP) is 1.30. The third kappa shape index (κ3) is 5.34. The van der Waals surface area contributed by atoms with Crippen LogP contribution in [0.1, 0.15) is 33.1 Å². The first kappa shape index (κ1) is 8.47. The summed E-state index contributed by atoms with van der Waals surface area (Å²) in [5.41, 5.74) is 4.98. The highest BCUT2D eigenvalue weighted by molar-refractivity contribution is 5.73. The minimum absolute atomic E-state index is 0.184. The van der Waals surface area contributed by atoms with Crippen LogP contribution >= 0.6 is 0 Å². The summed E-state index contributed by atoms with van der Waals surface area (Å²) in [5, 5.41) is 0. The highest BCUT2D eigenvalue weighted by Gasteiger charge is 2.02. The van der Waals surface area contributed by atoms with Gasteiger partial charge >= 0.3 is 0 Å². The molecule has 0 aliphatic heterocycles. The maximum atomic E-state index is 10.3. The average Bonchev–Trinajstić information content (AvgIpc) is 1.63. The molecule has 0 heterocycles. The first-order valence-corrected chi connectivity index (χ1v) is 3.45. The highest BCUT2D eigenvalue weighted by Crippen LogP contribution is 2.07. The van der Waals surface area contributed by atoms with Crippen molar-refractivity contribution in [3.05, 3.63) is 0 Å². The van der Waals surface area contributed by atoms with E-state index in [0.29, 0.717) is 12.3 Å². The molecule has 0 aromatic rings. The lowest BCUT2D eigenvalue weighted by molar-refractivity contribution is -0.118. The predicted molar refractivity (Wildman–Crippen MR) is 37.9 cm³/mol. The van der Waals surface area contributed by atoms with E-state index in [-0.39, 0.29) is 5.91 Å². The summed E-state index contributed by atoms with van der Waals surface area (Å²) < 4.78 is 0. The van der Waals surface area contributed by atoms with Crippen LogP contribution in [-0.4, -0.2) is 5.91 Å². The lowest BCUT2D eigenvalue weighted by Gasteiger charge is -2.04. The second-order valence-corrected chi connectivity index (χ2v) is 2.56. The van der Waals surface area contributed by atoms with Gasteiger partial charge in [0.05, 0.1) is 0 Å². The molecule has 0 aromatic heterocycles. The molecule has 0 aliphatic carbocycles. The van der Waals surface area contributed by atoms with Crippen molar-refractivity contribution in [1.29, 1.82) is 0 Å². The van der Waals surface area contributed by atoms with E-state index in [2.05, 4.69) is 6.92 Å². The van der Waals surface area contributed by atoms with Gasteiger partial charge in [0.25, 0.3) is 0 Å². The van der Waals surface area contributed by atoms with E-state index in [4.69, 9.17) is 5.73 Å². The van der Waals surface area contributed by atoms with Crippen molar-refractivity contribution in [3.8, 4) is 0 Å². The molecule has 1 amide bonds. The number of hydrogen-bond donors (Lipinski definition) is 1. The molecular formula is C7H15NO. The van der Waals surface area contributed by atoms with Crippen LogP contribution in [0.3, 0.4) is 0 Å². The molecule has 0 spiro atoms. The number of primary amides is 1. The zero-order chi connectivity index (χ0) is 7.28. The van der Waals surface area contributed by atoms with Crippen LogP contribution in [0.4, 0.5) is 0 Å². The maximum Gasteiger partial charge on any atom is 0.217 e. The Kier molecular flexibility index (Phi) is 4.10. The van der Waals surface area contributed by atoms with Gasteiger partial charge in [-0.3, -0.25) is 4.79 Å². The fraction of sp³-hybridized carbons (Fsp3) is 0.857. The Hall–Kier alpha value is -0.530. The number of carbonyl (C=O) groups excluding carboxylic acids is 1. The zero-order valence-corrected chi connectivity index (χ0v) is 6.18. The number of carbonyl (C=O) groups is 1. The van der Waals surface area contributed by atoms with Gasteiger partial charge in [-0.1, -0.05) is 26.7 Å². The van der Waals surface area contributed by atoms with Crippen LogP contribution in [0.25, 0.3) is 0 Å². The summed E-state index contributed by atoms with van der Waals surface area (Å²) in [5.74, 6) is 0.281. The van der Waals surface area contributed by atoms with Crippen LogP contribution in [0.5, 0.6) is 0 Å². The molecule has 1 atom stereocenters. The van der Waals surface area contributed by atoms with E-state index in [1.807, 2.05) is 6.92 Å². The topological polar surface area (TPSA) is 43.1 Å². The molecule has 0 radical (unpaired) electrons. The maximum absolute atomic E-state index is 10.3. The summed E-state index contributed by atoms with van der Waals surface area (Å²) >= 11 is 0. The van der Waals surface area contributed by atoms with Gasteiger partial charge < -0.3 is 5.73 Å². The molecule has 0 aromatic carbocycles. The Bertz CT molecular complexity index is 90.9. The van der Waals surface area contributed by atoms with Crippen molar-refractivity contribution in [2.45, 2.75) is 33.1 Å². The number of rotatable bonds is 4. The van der Waals surface area contributed by atoms with Crippen molar-refractivity contribution in [1.82, 2.24) is 0 Å². The first-order chi connectivity index (χ1) is 4.16. The quantitative estimate of drug-likeness (QED) is 0.610. The molecule has 2 N–H and O–H groups in total. The van der Waals surface area contributed by atoms with Crippen LogP contribution in [0.15, 0.2) is 0 Å². The van der Waals surface area contributed by atoms with Crippen molar-refractivity contribution in [2.75, 3.05) is 0 Å². The van der Waals surface area contributed by atoms with E-state index in [1.165, 1.54) is 0 Å². The van der Waals surface area contributed by atoms with E-state index in [0.717, 1.165) is 12.8 Å². The van der Waals surface area contributed by atoms with Crippen molar-refractivity contribution in [2.24, 2.45) is 11.7 Å². The lowest BCUT2D eigenvalue weighted by Crippen LogP contribution is -2.14. The molecule has 0 rings (SSSR count). The van der Waals surface area contributed by atoms with E-state index in [1.54, 1.807) is 0 Å². The Morgan fingerprint density at radius 3 is 2.56 bits per heavy atom. The molecule has 0 aliphatic rings. The summed E-state index contributed by atoms with van der Waals surface area (Å²) in [6.07, 6.45) is 2.77. The highest BCUT2D eigenvalue weighted by atomic mass is 16.1. The normalized spacial score (nSPS) is 13.1. The third-order valence-corrected chi connectivity index (χ3v) is 1.33. The zero-order valence-electron chi connectivity index (χ0n) is 6.18. The van der Waals surface area contributed by atoms with Gasteiger partial charge in [-0.15, -0.1) is 0 Å². The fourth-order valence-corrected chi connectivity index (χ4v) is 0.938. The fourth-order valence-electron chi connectivity index (χ4n) is 0.938. The minimum atomic E-state index is -0.184. The van der Waals surface area contributed by atoms with Gasteiger partial charge in [-0.2, -0.15) is 0 Å². The van der Waals surface area contributed by atoms with Gasteiger partial charge in [0.2, 0.25) is 5.91 Å². The van der Waals surface area contributed by atoms with Crippen LogP contribution in [0, 0.1) is 5.92 Å². The largest absolute Gasteiger partial charge is 0.370 e.